The molecule has 0 unspecified atom stereocenters. The van der Waals surface area contributed by atoms with Crippen LogP contribution in [0.25, 0.3) is 0 Å². The molecule has 0 amide bonds. The standard InChI is InChI=1S/C11H15FN2O3S/c1-17-8-5-7(6-8)14-18(15,16)11-9(12)3-2-4-10(11)13/h2-4,7-8,14H,5-6,13H2,1H3. The van der Waals surface area contributed by atoms with Crippen LogP contribution in [0, 0.1) is 5.82 Å². The molecule has 100 valence electrons. The Kier molecular flexibility index (Phi) is 3.56. The summed E-state index contributed by atoms with van der Waals surface area (Å²) in [5.41, 5.74) is 5.42. The number of hydrogen-bond acceptors (Lipinski definition) is 4. The zero-order chi connectivity index (χ0) is 13.3. The Balaban J connectivity index is 2.17. The van der Waals surface area contributed by atoms with E-state index in [-0.39, 0.29) is 17.8 Å². The molecule has 0 saturated heterocycles. The summed E-state index contributed by atoms with van der Waals surface area (Å²) in [6.07, 6.45) is 1.24. The van der Waals surface area contributed by atoms with Crippen molar-refractivity contribution in [3.8, 4) is 0 Å². The molecule has 7 heteroatoms. The first-order valence-corrected chi connectivity index (χ1v) is 7.01. The van der Waals surface area contributed by atoms with Crippen molar-refractivity contribution in [2.24, 2.45) is 0 Å². The number of halogens is 1. The van der Waals surface area contributed by atoms with Gasteiger partial charge in [-0.15, -0.1) is 0 Å². The van der Waals surface area contributed by atoms with Crippen LogP contribution in [0.5, 0.6) is 0 Å². The van der Waals surface area contributed by atoms with E-state index in [0.29, 0.717) is 12.8 Å². The molecule has 0 aromatic heterocycles. The molecule has 1 aliphatic carbocycles. The number of ether oxygens (including phenoxy) is 1. The van der Waals surface area contributed by atoms with E-state index in [2.05, 4.69) is 4.72 Å². The zero-order valence-corrected chi connectivity index (χ0v) is 10.7. The molecule has 0 bridgehead atoms. The van der Waals surface area contributed by atoms with Gasteiger partial charge in [0.2, 0.25) is 10.0 Å². The Bertz CT molecular complexity index is 521. The summed E-state index contributed by atoms with van der Waals surface area (Å²) in [6.45, 7) is 0. The van der Waals surface area contributed by atoms with Crippen molar-refractivity contribution in [1.82, 2.24) is 4.72 Å². The van der Waals surface area contributed by atoms with Gasteiger partial charge in [-0.3, -0.25) is 0 Å². The molecule has 1 aliphatic rings. The molecule has 1 saturated carbocycles. The quantitative estimate of drug-likeness (QED) is 0.798. The Morgan fingerprint density at radius 2 is 2.11 bits per heavy atom. The molecular weight excluding hydrogens is 259 g/mol. The van der Waals surface area contributed by atoms with Crippen molar-refractivity contribution >= 4 is 15.7 Å². The van der Waals surface area contributed by atoms with E-state index < -0.39 is 20.7 Å². The molecule has 0 spiro atoms. The Morgan fingerprint density at radius 1 is 1.44 bits per heavy atom. The van der Waals surface area contributed by atoms with Crippen LogP contribution in [0.3, 0.4) is 0 Å². The maximum Gasteiger partial charge on any atom is 0.245 e. The third-order valence-electron chi connectivity index (χ3n) is 3.02. The second-order valence-corrected chi connectivity index (χ2v) is 5.96. The van der Waals surface area contributed by atoms with Crippen LogP contribution >= 0.6 is 0 Å². The normalized spacial score (nSPS) is 23.7. The molecule has 0 heterocycles. The number of nitrogen functional groups attached to an aromatic ring is 1. The van der Waals surface area contributed by atoms with Gasteiger partial charge in [-0.25, -0.2) is 17.5 Å². The van der Waals surface area contributed by atoms with E-state index >= 15 is 0 Å². The summed E-state index contributed by atoms with van der Waals surface area (Å²) in [7, 11) is -2.35. The van der Waals surface area contributed by atoms with Gasteiger partial charge in [0.05, 0.1) is 11.8 Å². The highest BCUT2D eigenvalue weighted by molar-refractivity contribution is 7.89. The van der Waals surface area contributed by atoms with Crippen molar-refractivity contribution in [1.29, 1.82) is 0 Å². The van der Waals surface area contributed by atoms with E-state index in [9.17, 15) is 12.8 Å². The van der Waals surface area contributed by atoms with Crippen molar-refractivity contribution in [3.63, 3.8) is 0 Å². The molecular formula is C11H15FN2O3S. The molecule has 0 atom stereocenters. The summed E-state index contributed by atoms with van der Waals surface area (Å²) in [5, 5.41) is 0. The van der Waals surface area contributed by atoms with Crippen molar-refractivity contribution in [3.05, 3.63) is 24.0 Å². The van der Waals surface area contributed by atoms with Crippen molar-refractivity contribution in [2.45, 2.75) is 29.9 Å². The number of anilines is 1. The maximum atomic E-state index is 13.5. The first kappa shape index (κ1) is 13.3. The minimum atomic E-state index is -3.92. The largest absolute Gasteiger partial charge is 0.398 e. The lowest BCUT2D eigenvalue weighted by molar-refractivity contribution is 0.0236. The summed E-state index contributed by atoms with van der Waals surface area (Å²) in [6, 6.07) is 3.58. The fraction of sp³-hybridized carbons (Fsp3) is 0.455. The number of benzene rings is 1. The second-order valence-electron chi connectivity index (χ2n) is 4.31. The van der Waals surface area contributed by atoms with E-state index in [1.54, 1.807) is 7.11 Å². The lowest BCUT2D eigenvalue weighted by Gasteiger charge is -2.34. The monoisotopic (exact) mass is 274 g/mol. The third kappa shape index (κ3) is 2.47. The molecule has 2 rings (SSSR count). The van der Waals surface area contributed by atoms with Gasteiger partial charge < -0.3 is 10.5 Å². The predicted molar refractivity (Wildman–Crippen MR) is 65.0 cm³/mol. The number of nitrogens with one attached hydrogen (secondary N) is 1. The van der Waals surface area contributed by atoms with Crippen LogP contribution < -0.4 is 10.5 Å². The maximum absolute atomic E-state index is 13.5. The molecule has 18 heavy (non-hydrogen) atoms. The van der Waals surface area contributed by atoms with Gasteiger partial charge in [-0.2, -0.15) is 0 Å². The molecule has 1 fully saturated rings. The minimum absolute atomic E-state index is 0.0654. The number of methoxy groups -OCH3 is 1. The average Bonchev–Trinajstić information content (AvgIpc) is 2.22. The van der Waals surface area contributed by atoms with E-state index in [1.165, 1.54) is 12.1 Å². The number of nitrogens with two attached hydrogens (primary N) is 1. The highest BCUT2D eigenvalue weighted by atomic mass is 32.2. The lowest BCUT2D eigenvalue weighted by atomic mass is 9.90. The average molecular weight is 274 g/mol. The molecule has 1 aromatic carbocycles. The molecule has 0 aliphatic heterocycles. The van der Waals surface area contributed by atoms with Crippen LogP contribution in [0.15, 0.2) is 23.1 Å². The highest BCUT2D eigenvalue weighted by Gasteiger charge is 2.34. The zero-order valence-electron chi connectivity index (χ0n) is 9.89. The summed E-state index contributed by atoms with van der Waals surface area (Å²) in [4.78, 5) is -0.481. The van der Waals surface area contributed by atoms with Gasteiger partial charge >= 0.3 is 0 Å². The summed E-state index contributed by atoms with van der Waals surface area (Å²) in [5.74, 6) is -0.842. The van der Waals surface area contributed by atoms with Crippen molar-refractivity contribution in [2.75, 3.05) is 12.8 Å². The van der Waals surface area contributed by atoms with E-state index in [4.69, 9.17) is 10.5 Å². The van der Waals surface area contributed by atoms with Gasteiger partial charge in [-0.1, -0.05) is 6.07 Å². The topological polar surface area (TPSA) is 81.4 Å². The fourth-order valence-electron chi connectivity index (χ4n) is 1.94. The van der Waals surface area contributed by atoms with Crippen LogP contribution in [0.1, 0.15) is 12.8 Å². The first-order chi connectivity index (χ1) is 8.44. The fourth-order valence-corrected chi connectivity index (χ4v) is 3.39. The van der Waals surface area contributed by atoms with Crippen LogP contribution in [-0.2, 0) is 14.8 Å². The van der Waals surface area contributed by atoms with Gasteiger partial charge in [0, 0.05) is 13.2 Å². The van der Waals surface area contributed by atoms with Gasteiger partial charge in [0.15, 0.2) is 0 Å². The van der Waals surface area contributed by atoms with Crippen molar-refractivity contribution < 1.29 is 17.5 Å². The van der Waals surface area contributed by atoms with Gasteiger partial charge in [0.1, 0.15) is 10.7 Å². The lowest BCUT2D eigenvalue weighted by Crippen LogP contribution is -2.47. The smallest absolute Gasteiger partial charge is 0.245 e. The number of sulfonamides is 1. The van der Waals surface area contributed by atoms with E-state index in [0.717, 1.165) is 6.07 Å². The molecule has 0 radical (unpaired) electrons. The highest BCUT2D eigenvalue weighted by Crippen LogP contribution is 2.27. The Hall–Kier alpha value is -1.18. The number of hydrogen-bond donors (Lipinski definition) is 2. The van der Waals surface area contributed by atoms with Crippen LogP contribution in [0.2, 0.25) is 0 Å². The molecule has 1 aromatic rings. The third-order valence-corrected chi connectivity index (χ3v) is 4.63. The number of rotatable bonds is 4. The van der Waals surface area contributed by atoms with Crippen LogP contribution in [-0.4, -0.2) is 27.7 Å². The van der Waals surface area contributed by atoms with Gasteiger partial charge in [0.25, 0.3) is 0 Å². The Morgan fingerprint density at radius 3 is 2.67 bits per heavy atom. The van der Waals surface area contributed by atoms with Gasteiger partial charge in [-0.05, 0) is 25.0 Å². The first-order valence-electron chi connectivity index (χ1n) is 5.53. The van der Waals surface area contributed by atoms with E-state index in [1.807, 2.05) is 0 Å². The SMILES string of the molecule is COC1CC(NS(=O)(=O)c2c(N)cccc2F)C1. The predicted octanol–water partition coefficient (Wildman–Crippen LogP) is 0.864. The summed E-state index contributed by atoms with van der Waals surface area (Å²) >= 11 is 0. The Labute approximate surface area is 105 Å². The second kappa shape index (κ2) is 4.83. The summed E-state index contributed by atoms with van der Waals surface area (Å²) < 4.78 is 45.0. The molecule has 3 N–H and O–H groups in total. The molecule has 5 nitrogen and oxygen atoms in total. The minimum Gasteiger partial charge on any atom is -0.398 e. The van der Waals surface area contributed by atoms with Crippen LogP contribution in [0.4, 0.5) is 10.1 Å².